The monoisotopic (exact) mass is 289 g/mol. The van der Waals surface area contributed by atoms with Gasteiger partial charge in [0.05, 0.1) is 4.92 Å². The molecule has 3 N–H and O–H groups in total. The lowest BCUT2D eigenvalue weighted by atomic mass is 10.2. The SMILES string of the molecule is CN(CCc1ccccn1)c1nc(NN)ncc1[N+](=O)[O-]. The fourth-order valence-electron chi connectivity index (χ4n) is 1.78. The summed E-state index contributed by atoms with van der Waals surface area (Å²) in [6, 6.07) is 5.63. The van der Waals surface area contributed by atoms with E-state index in [4.69, 9.17) is 5.84 Å². The van der Waals surface area contributed by atoms with E-state index in [1.54, 1.807) is 18.1 Å². The maximum Gasteiger partial charge on any atom is 0.329 e. The van der Waals surface area contributed by atoms with Gasteiger partial charge in [-0.1, -0.05) is 6.07 Å². The first-order valence-corrected chi connectivity index (χ1v) is 6.21. The Bertz CT molecular complexity index is 620. The number of nitrogens with two attached hydrogens (primary N) is 1. The van der Waals surface area contributed by atoms with Gasteiger partial charge in [-0.25, -0.2) is 10.8 Å². The normalized spacial score (nSPS) is 10.2. The number of likely N-dealkylation sites (N-methyl/N-ethyl adjacent to an activating group) is 1. The molecular formula is C12H15N7O2. The Morgan fingerprint density at radius 3 is 2.86 bits per heavy atom. The first kappa shape index (κ1) is 14.6. The van der Waals surface area contributed by atoms with Gasteiger partial charge in [-0.15, -0.1) is 0 Å². The van der Waals surface area contributed by atoms with Gasteiger partial charge in [0.15, 0.2) is 0 Å². The van der Waals surface area contributed by atoms with Crippen LogP contribution in [0.2, 0.25) is 0 Å². The molecule has 9 heteroatoms. The van der Waals surface area contributed by atoms with Crippen molar-refractivity contribution in [1.29, 1.82) is 0 Å². The lowest BCUT2D eigenvalue weighted by Gasteiger charge is -2.17. The Labute approximate surface area is 121 Å². The minimum atomic E-state index is -0.521. The molecule has 0 aliphatic heterocycles. The predicted octanol–water partition coefficient (Wildman–Crippen LogP) is 0.744. The van der Waals surface area contributed by atoms with Crippen molar-refractivity contribution in [1.82, 2.24) is 15.0 Å². The van der Waals surface area contributed by atoms with Crippen LogP contribution in [-0.2, 0) is 6.42 Å². The zero-order chi connectivity index (χ0) is 15.2. The lowest BCUT2D eigenvalue weighted by molar-refractivity contribution is -0.384. The number of hydrogen-bond donors (Lipinski definition) is 2. The summed E-state index contributed by atoms with van der Waals surface area (Å²) in [5.41, 5.74) is 3.01. The maximum absolute atomic E-state index is 11.0. The van der Waals surface area contributed by atoms with Gasteiger partial charge >= 0.3 is 5.69 Å². The van der Waals surface area contributed by atoms with Crippen LogP contribution in [0, 0.1) is 10.1 Å². The number of nitro groups is 1. The topological polar surface area (TPSA) is 123 Å². The molecule has 0 fully saturated rings. The number of pyridine rings is 1. The molecule has 2 rings (SSSR count). The van der Waals surface area contributed by atoms with E-state index < -0.39 is 4.92 Å². The van der Waals surface area contributed by atoms with Crippen LogP contribution >= 0.6 is 0 Å². The third-order valence-corrected chi connectivity index (χ3v) is 2.87. The Kier molecular flexibility index (Phi) is 4.57. The number of nitrogen functional groups attached to an aromatic ring is 1. The van der Waals surface area contributed by atoms with E-state index >= 15 is 0 Å². The number of nitrogens with one attached hydrogen (secondary N) is 1. The minimum absolute atomic E-state index is 0.125. The van der Waals surface area contributed by atoms with Crippen molar-refractivity contribution >= 4 is 17.5 Å². The van der Waals surface area contributed by atoms with Crippen LogP contribution in [0.1, 0.15) is 5.69 Å². The first-order valence-electron chi connectivity index (χ1n) is 6.21. The van der Waals surface area contributed by atoms with Crippen LogP contribution in [0.4, 0.5) is 17.5 Å². The van der Waals surface area contributed by atoms with Crippen LogP contribution in [-0.4, -0.2) is 33.5 Å². The van der Waals surface area contributed by atoms with Crippen LogP contribution in [0.5, 0.6) is 0 Å². The van der Waals surface area contributed by atoms with E-state index in [1.807, 2.05) is 18.2 Å². The summed E-state index contributed by atoms with van der Waals surface area (Å²) in [7, 11) is 1.72. The lowest BCUT2D eigenvalue weighted by Crippen LogP contribution is -2.24. The number of hydrogen-bond acceptors (Lipinski definition) is 8. The Balaban J connectivity index is 2.17. The molecule has 0 aromatic carbocycles. The molecule has 0 unspecified atom stereocenters. The van der Waals surface area contributed by atoms with Crippen molar-refractivity contribution < 1.29 is 4.92 Å². The Morgan fingerprint density at radius 1 is 1.43 bits per heavy atom. The molecule has 2 aromatic rings. The maximum atomic E-state index is 11.0. The standard InChI is InChI=1S/C12H15N7O2/c1-18(7-5-9-4-2-3-6-14-9)11-10(19(20)21)8-15-12(16-11)17-13/h2-4,6,8H,5,7,13H2,1H3,(H,15,16,17). The second kappa shape index (κ2) is 6.57. The zero-order valence-corrected chi connectivity index (χ0v) is 11.4. The zero-order valence-electron chi connectivity index (χ0n) is 11.4. The smallest absolute Gasteiger partial charge is 0.329 e. The highest BCUT2D eigenvalue weighted by Crippen LogP contribution is 2.24. The van der Waals surface area contributed by atoms with Crippen LogP contribution < -0.4 is 16.2 Å². The fraction of sp³-hybridized carbons (Fsp3) is 0.250. The van der Waals surface area contributed by atoms with Crippen molar-refractivity contribution in [3.05, 3.63) is 46.4 Å². The van der Waals surface area contributed by atoms with Gasteiger partial charge in [0.1, 0.15) is 6.20 Å². The van der Waals surface area contributed by atoms with Gasteiger partial charge in [-0.2, -0.15) is 4.98 Å². The van der Waals surface area contributed by atoms with E-state index in [9.17, 15) is 10.1 Å². The third-order valence-electron chi connectivity index (χ3n) is 2.87. The molecule has 0 saturated carbocycles. The Morgan fingerprint density at radius 2 is 2.24 bits per heavy atom. The van der Waals surface area contributed by atoms with E-state index in [0.717, 1.165) is 11.9 Å². The molecule has 0 aliphatic rings. The Hall–Kier alpha value is -2.81. The van der Waals surface area contributed by atoms with Crippen molar-refractivity contribution in [3.63, 3.8) is 0 Å². The van der Waals surface area contributed by atoms with E-state index in [-0.39, 0.29) is 17.5 Å². The van der Waals surface area contributed by atoms with Crippen molar-refractivity contribution in [2.45, 2.75) is 6.42 Å². The second-order valence-electron chi connectivity index (χ2n) is 4.30. The summed E-state index contributed by atoms with van der Waals surface area (Å²) >= 11 is 0. The first-order chi connectivity index (χ1) is 10.1. The summed E-state index contributed by atoms with van der Waals surface area (Å²) < 4.78 is 0. The quantitative estimate of drug-likeness (QED) is 0.453. The summed E-state index contributed by atoms with van der Waals surface area (Å²) in [5, 5.41) is 11.0. The molecule has 0 spiro atoms. The molecule has 0 saturated heterocycles. The average molecular weight is 289 g/mol. The van der Waals surface area contributed by atoms with Gasteiger partial charge in [-0.05, 0) is 12.1 Å². The molecule has 0 atom stereocenters. The number of nitrogens with zero attached hydrogens (tertiary/aromatic N) is 5. The molecule has 0 radical (unpaired) electrons. The van der Waals surface area contributed by atoms with Crippen molar-refractivity contribution in [2.24, 2.45) is 5.84 Å². The summed E-state index contributed by atoms with van der Waals surface area (Å²) in [6.07, 6.45) is 3.48. The van der Waals surface area contributed by atoms with Crippen molar-refractivity contribution in [2.75, 3.05) is 23.9 Å². The van der Waals surface area contributed by atoms with E-state index in [2.05, 4.69) is 20.4 Å². The van der Waals surface area contributed by atoms with Gasteiger partial charge in [0, 0.05) is 31.9 Å². The van der Waals surface area contributed by atoms with Gasteiger partial charge in [0.25, 0.3) is 0 Å². The molecule has 2 aromatic heterocycles. The molecule has 110 valence electrons. The highest BCUT2D eigenvalue weighted by molar-refractivity contribution is 5.58. The molecular weight excluding hydrogens is 274 g/mol. The number of rotatable bonds is 6. The molecule has 21 heavy (non-hydrogen) atoms. The number of anilines is 2. The fourth-order valence-corrected chi connectivity index (χ4v) is 1.78. The molecule has 0 amide bonds. The van der Waals surface area contributed by atoms with Crippen LogP contribution in [0.15, 0.2) is 30.6 Å². The molecule has 0 aliphatic carbocycles. The summed E-state index contributed by atoms with van der Waals surface area (Å²) in [6.45, 7) is 0.527. The van der Waals surface area contributed by atoms with Gasteiger partial charge in [-0.3, -0.25) is 20.5 Å². The van der Waals surface area contributed by atoms with Gasteiger partial charge < -0.3 is 4.90 Å². The van der Waals surface area contributed by atoms with Crippen LogP contribution in [0.25, 0.3) is 0 Å². The second-order valence-corrected chi connectivity index (χ2v) is 4.30. The summed E-state index contributed by atoms with van der Waals surface area (Å²) in [4.78, 5) is 24.2. The number of aromatic nitrogens is 3. The molecule has 2 heterocycles. The van der Waals surface area contributed by atoms with Gasteiger partial charge in [0.2, 0.25) is 11.8 Å². The number of hydrazine groups is 1. The highest BCUT2D eigenvalue weighted by atomic mass is 16.6. The minimum Gasteiger partial charge on any atom is -0.353 e. The third kappa shape index (κ3) is 3.60. The largest absolute Gasteiger partial charge is 0.353 e. The van der Waals surface area contributed by atoms with E-state index in [1.165, 1.54) is 0 Å². The highest BCUT2D eigenvalue weighted by Gasteiger charge is 2.20. The summed E-state index contributed by atoms with van der Waals surface area (Å²) in [5.74, 6) is 5.57. The van der Waals surface area contributed by atoms with E-state index in [0.29, 0.717) is 13.0 Å². The molecule has 9 nitrogen and oxygen atoms in total. The van der Waals surface area contributed by atoms with Crippen LogP contribution in [0.3, 0.4) is 0 Å². The van der Waals surface area contributed by atoms with Crippen molar-refractivity contribution in [3.8, 4) is 0 Å². The average Bonchev–Trinajstić information content (AvgIpc) is 2.52. The predicted molar refractivity (Wildman–Crippen MR) is 77.7 cm³/mol. The molecule has 0 bridgehead atoms.